The number of nitrogens with one attached hydrogen (secondary N) is 1. The third-order valence-corrected chi connectivity index (χ3v) is 3.36. The number of alkyl carbamates (subject to hydrolysis) is 1. The minimum Gasteiger partial charge on any atom is -0.444 e. The van der Waals surface area contributed by atoms with Crippen LogP contribution < -0.4 is 5.32 Å². The molecule has 1 atom stereocenters. The lowest BCUT2D eigenvalue weighted by atomic mass is 10.0. The molecule has 1 aromatic heterocycles. The average molecular weight is 281 g/mol. The molecule has 1 heterocycles. The zero-order chi connectivity index (χ0) is 15.6. The summed E-state index contributed by atoms with van der Waals surface area (Å²) in [6.45, 7) is 13.9. The van der Waals surface area contributed by atoms with Gasteiger partial charge in [-0.25, -0.2) is 9.78 Å². The first-order valence-electron chi connectivity index (χ1n) is 7.09. The van der Waals surface area contributed by atoms with Crippen molar-refractivity contribution in [2.75, 3.05) is 0 Å². The number of imidazole rings is 1. The summed E-state index contributed by atoms with van der Waals surface area (Å²) >= 11 is 0. The van der Waals surface area contributed by atoms with Crippen LogP contribution in [0.4, 0.5) is 4.79 Å². The molecular weight excluding hydrogens is 254 g/mol. The summed E-state index contributed by atoms with van der Waals surface area (Å²) in [5.74, 6) is 0. The Balaban J connectivity index is 2.82. The van der Waals surface area contributed by atoms with E-state index in [0.717, 1.165) is 12.1 Å². The topological polar surface area (TPSA) is 56.2 Å². The highest BCUT2D eigenvalue weighted by atomic mass is 16.6. The number of carbonyl (C=O) groups excluding carboxylic acids is 1. The third kappa shape index (κ3) is 4.25. The van der Waals surface area contributed by atoms with E-state index < -0.39 is 11.7 Å². The number of nitrogens with zero attached hydrogens (tertiary/aromatic N) is 2. The van der Waals surface area contributed by atoms with E-state index in [1.54, 1.807) is 6.20 Å². The molecule has 0 fully saturated rings. The van der Waals surface area contributed by atoms with Crippen LogP contribution in [0.5, 0.6) is 0 Å². The molecule has 5 nitrogen and oxygen atoms in total. The van der Waals surface area contributed by atoms with Gasteiger partial charge in [0.2, 0.25) is 0 Å². The van der Waals surface area contributed by atoms with Crippen molar-refractivity contribution in [3.8, 4) is 0 Å². The lowest BCUT2D eigenvalue weighted by molar-refractivity contribution is 0.0505. The van der Waals surface area contributed by atoms with E-state index in [0.29, 0.717) is 0 Å². The Morgan fingerprint density at radius 3 is 2.50 bits per heavy atom. The number of hydrogen-bond donors (Lipinski definition) is 1. The molecule has 0 radical (unpaired) electrons. The van der Waals surface area contributed by atoms with E-state index in [9.17, 15) is 4.79 Å². The molecule has 1 rings (SSSR count). The fourth-order valence-electron chi connectivity index (χ4n) is 1.86. The van der Waals surface area contributed by atoms with Crippen LogP contribution in [0.3, 0.4) is 0 Å². The van der Waals surface area contributed by atoms with E-state index in [4.69, 9.17) is 4.74 Å². The van der Waals surface area contributed by atoms with Crippen molar-refractivity contribution < 1.29 is 9.53 Å². The van der Waals surface area contributed by atoms with Gasteiger partial charge in [-0.3, -0.25) is 0 Å². The Bertz CT molecular complexity index is 458. The summed E-state index contributed by atoms with van der Waals surface area (Å²) in [4.78, 5) is 16.0. The molecule has 0 aliphatic heterocycles. The maximum Gasteiger partial charge on any atom is 0.408 e. The molecule has 0 unspecified atom stereocenters. The fourth-order valence-corrected chi connectivity index (χ4v) is 1.86. The lowest BCUT2D eigenvalue weighted by Gasteiger charge is -2.29. The molecule has 0 aromatic carbocycles. The normalized spacial score (nSPS) is 13.9. The minimum absolute atomic E-state index is 0.0320. The second-order valence-electron chi connectivity index (χ2n) is 6.72. The highest BCUT2D eigenvalue weighted by molar-refractivity contribution is 5.68. The summed E-state index contributed by atoms with van der Waals surface area (Å²) in [6, 6.07) is -0.154. The maximum absolute atomic E-state index is 11.8. The van der Waals surface area contributed by atoms with Crippen LogP contribution in [-0.2, 0) is 10.3 Å². The number of aromatic nitrogens is 2. The second-order valence-corrected chi connectivity index (χ2v) is 6.72. The molecule has 0 spiro atoms. The number of ether oxygens (including phenoxy) is 1. The van der Waals surface area contributed by atoms with Crippen molar-refractivity contribution in [3.05, 3.63) is 18.2 Å². The van der Waals surface area contributed by atoms with E-state index >= 15 is 0 Å². The van der Waals surface area contributed by atoms with E-state index in [-0.39, 0.29) is 11.6 Å². The van der Waals surface area contributed by atoms with Gasteiger partial charge >= 0.3 is 6.09 Å². The molecule has 1 N–H and O–H groups in total. The SMILES string of the molecule is CCC(C)(C)n1cncc1[C@H](C)NC(=O)OC(C)(C)C. The highest BCUT2D eigenvalue weighted by Gasteiger charge is 2.24. The molecule has 20 heavy (non-hydrogen) atoms. The van der Waals surface area contributed by atoms with Gasteiger partial charge in [0.15, 0.2) is 0 Å². The van der Waals surface area contributed by atoms with Crippen molar-refractivity contribution in [1.82, 2.24) is 14.9 Å². The predicted molar refractivity (Wildman–Crippen MR) is 79.6 cm³/mol. The van der Waals surface area contributed by atoms with Gasteiger partial charge in [0.25, 0.3) is 0 Å². The molecule has 0 bridgehead atoms. The Morgan fingerprint density at radius 2 is 2.00 bits per heavy atom. The minimum atomic E-state index is -0.493. The zero-order valence-electron chi connectivity index (χ0n) is 13.7. The smallest absolute Gasteiger partial charge is 0.408 e. The monoisotopic (exact) mass is 281 g/mol. The first-order valence-corrected chi connectivity index (χ1v) is 7.09. The summed E-state index contributed by atoms with van der Waals surface area (Å²) in [5, 5.41) is 2.85. The number of rotatable bonds is 4. The molecule has 1 aromatic rings. The fraction of sp³-hybridized carbons (Fsp3) is 0.733. The summed E-state index contributed by atoms with van der Waals surface area (Å²) in [6.07, 6.45) is 4.17. The van der Waals surface area contributed by atoms with Crippen LogP contribution in [0.1, 0.15) is 66.6 Å². The number of amides is 1. The van der Waals surface area contributed by atoms with Crippen LogP contribution >= 0.6 is 0 Å². The van der Waals surface area contributed by atoms with Gasteiger partial charge in [0.05, 0.1) is 24.3 Å². The number of hydrogen-bond acceptors (Lipinski definition) is 3. The average Bonchev–Trinajstić information content (AvgIpc) is 2.75. The van der Waals surface area contributed by atoms with Gasteiger partial charge in [-0.15, -0.1) is 0 Å². The van der Waals surface area contributed by atoms with Gasteiger partial charge < -0.3 is 14.6 Å². The molecular formula is C15H27N3O2. The van der Waals surface area contributed by atoms with Crippen LogP contribution in [-0.4, -0.2) is 21.2 Å². The maximum atomic E-state index is 11.8. The quantitative estimate of drug-likeness (QED) is 0.917. The molecule has 1 amide bonds. The van der Waals surface area contributed by atoms with Gasteiger partial charge in [-0.2, -0.15) is 0 Å². The van der Waals surface area contributed by atoms with E-state index in [1.807, 2.05) is 34.0 Å². The number of carbonyl (C=O) groups is 1. The third-order valence-electron chi connectivity index (χ3n) is 3.36. The first kappa shape index (κ1) is 16.5. The van der Waals surface area contributed by atoms with E-state index in [1.165, 1.54) is 0 Å². The van der Waals surface area contributed by atoms with Crippen molar-refractivity contribution in [2.45, 2.75) is 72.1 Å². The Labute approximate surface area is 121 Å². The molecule has 5 heteroatoms. The van der Waals surface area contributed by atoms with Crippen LogP contribution in [0.15, 0.2) is 12.5 Å². The highest BCUT2D eigenvalue weighted by Crippen LogP contribution is 2.24. The van der Waals surface area contributed by atoms with Crippen molar-refractivity contribution in [3.63, 3.8) is 0 Å². The summed E-state index contributed by atoms with van der Waals surface area (Å²) in [5.41, 5.74) is 0.449. The Morgan fingerprint density at radius 1 is 1.40 bits per heavy atom. The molecule has 0 aliphatic rings. The van der Waals surface area contributed by atoms with Crippen molar-refractivity contribution >= 4 is 6.09 Å². The Hall–Kier alpha value is -1.52. The van der Waals surface area contributed by atoms with Gasteiger partial charge in [-0.05, 0) is 48.0 Å². The van der Waals surface area contributed by atoms with E-state index in [2.05, 4.69) is 35.6 Å². The van der Waals surface area contributed by atoms with Crippen LogP contribution in [0.2, 0.25) is 0 Å². The largest absolute Gasteiger partial charge is 0.444 e. The predicted octanol–water partition coefficient (Wildman–Crippen LogP) is 3.61. The molecule has 0 saturated carbocycles. The zero-order valence-corrected chi connectivity index (χ0v) is 13.7. The summed E-state index contributed by atoms with van der Waals surface area (Å²) < 4.78 is 7.38. The van der Waals surface area contributed by atoms with Crippen molar-refractivity contribution in [2.24, 2.45) is 0 Å². The van der Waals surface area contributed by atoms with Crippen LogP contribution in [0.25, 0.3) is 0 Å². The van der Waals surface area contributed by atoms with Gasteiger partial charge in [0.1, 0.15) is 5.60 Å². The second kappa shape index (κ2) is 5.85. The molecule has 0 aliphatic carbocycles. The lowest BCUT2D eigenvalue weighted by Crippen LogP contribution is -2.36. The molecule has 0 saturated heterocycles. The first-order chi connectivity index (χ1) is 9.07. The Kier molecular flexibility index (Phi) is 4.84. The standard InChI is InChI=1S/C15H27N3O2/c1-8-15(6,7)18-10-16-9-12(18)11(2)17-13(19)20-14(3,4)5/h9-11H,8H2,1-7H3,(H,17,19)/t11-/m0/s1. The van der Waals surface area contributed by atoms with Crippen molar-refractivity contribution in [1.29, 1.82) is 0 Å². The summed E-state index contributed by atoms with van der Waals surface area (Å²) in [7, 11) is 0. The van der Waals surface area contributed by atoms with Crippen LogP contribution in [0, 0.1) is 0 Å². The molecule has 114 valence electrons. The van der Waals surface area contributed by atoms with Gasteiger partial charge in [0, 0.05) is 5.54 Å². The van der Waals surface area contributed by atoms with Gasteiger partial charge in [-0.1, -0.05) is 6.92 Å².